The third-order valence-corrected chi connectivity index (χ3v) is 4.41. The zero-order valence-electron chi connectivity index (χ0n) is 13.3. The molecule has 0 aromatic heterocycles. The van der Waals surface area contributed by atoms with Crippen molar-refractivity contribution in [1.29, 1.82) is 0 Å². The van der Waals surface area contributed by atoms with Crippen molar-refractivity contribution >= 4 is 40.7 Å². The van der Waals surface area contributed by atoms with Crippen LogP contribution in [0.25, 0.3) is 0 Å². The molecular formula is C16H19Cl2N3O2. The number of hydrogen-bond acceptors (Lipinski definition) is 3. The Morgan fingerprint density at radius 1 is 1.30 bits per heavy atom. The quantitative estimate of drug-likeness (QED) is 0.831. The fourth-order valence-corrected chi connectivity index (χ4v) is 2.63. The van der Waals surface area contributed by atoms with Gasteiger partial charge in [-0.25, -0.2) is 5.01 Å². The Hall–Kier alpha value is -1.59. The Morgan fingerprint density at radius 2 is 2.00 bits per heavy atom. The number of carbonyl (C=O) groups is 2. The number of carbonyl (C=O) groups excluding carboxylic acids is 2. The summed E-state index contributed by atoms with van der Waals surface area (Å²) in [6.45, 7) is 4.28. The van der Waals surface area contributed by atoms with Crippen molar-refractivity contribution in [3.05, 3.63) is 33.8 Å². The van der Waals surface area contributed by atoms with Crippen LogP contribution in [0.1, 0.15) is 32.3 Å². The van der Waals surface area contributed by atoms with Crippen LogP contribution in [-0.2, 0) is 16.1 Å². The van der Waals surface area contributed by atoms with Gasteiger partial charge in [-0.05, 0) is 31.5 Å². The Bertz CT molecular complexity index is 659. The molecule has 0 aliphatic carbocycles. The van der Waals surface area contributed by atoms with Crippen molar-refractivity contribution in [2.45, 2.75) is 39.3 Å². The lowest BCUT2D eigenvalue weighted by Crippen LogP contribution is -2.43. The smallest absolute Gasteiger partial charge is 0.270 e. The number of halogens is 2. The average Bonchev–Trinajstić information content (AvgIpc) is 2.50. The Kier molecular flexibility index (Phi) is 5.65. The number of rotatable bonds is 4. The fourth-order valence-electron chi connectivity index (χ4n) is 2.31. The molecule has 1 aromatic carbocycles. The van der Waals surface area contributed by atoms with Gasteiger partial charge in [0.05, 0.1) is 10.0 Å². The van der Waals surface area contributed by atoms with E-state index < -0.39 is 0 Å². The highest BCUT2D eigenvalue weighted by Gasteiger charge is 2.27. The number of benzene rings is 1. The molecule has 1 aliphatic heterocycles. The van der Waals surface area contributed by atoms with Gasteiger partial charge in [-0.1, -0.05) is 29.3 Å². The van der Waals surface area contributed by atoms with E-state index in [4.69, 9.17) is 23.2 Å². The summed E-state index contributed by atoms with van der Waals surface area (Å²) in [6, 6.07) is 5.30. The van der Waals surface area contributed by atoms with Gasteiger partial charge < -0.3 is 4.90 Å². The highest BCUT2D eigenvalue weighted by Crippen LogP contribution is 2.24. The van der Waals surface area contributed by atoms with Crippen LogP contribution in [-0.4, -0.2) is 40.5 Å². The summed E-state index contributed by atoms with van der Waals surface area (Å²) in [6.07, 6.45) is 0.673. The zero-order valence-corrected chi connectivity index (χ0v) is 14.9. The lowest BCUT2D eigenvalue weighted by Gasteiger charge is -2.29. The molecule has 0 bridgehead atoms. The lowest BCUT2D eigenvalue weighted by atomic mass is 10.1. The molecule has 0 atom stereocenters. The first-order valence-corrected chi connectivity index (χ1v) is 8.14. The molecule has 1 aromatic rings. The Balaban J connectivity index is 2.21. The largest absolute Gasteiger partial charge is 0.331 e. The second-order valence-corrected chi connectivity index (χ2v) is 6.55. The minimum Gasteiger partial charge on any atom is -0.331 e. The minimum absolute atomic E-state index is 0.0115. The molecule has 0 fully saturated rings. The molecule has 2 amide bonds. The summed E-state index contributed by atoms with van der Waals surface area (Å²) >= 11 is 12.0. The number of hydrazone groups is 1. The normalized spacial score (nSPS) is 15.0. The predicted molar refractivity (Wildman–Crippen MR) is 91.6 cm³/mol. The summed E-state index contributed by atoms with van der Waals surface area (Å²) in [4.78, 5) is 25.9. The molecule has 7 heteroatoms. The topological polar surface area (TPSA) is 53.0 Å². The Morgan fingerprint density at radius 3 is 2.57 bits per heavy atom. The highest BCUT2D eigenvalue weighted by molar-refractivity contribution is 6.42. The van der Waals surface area contributed by atoms with Crippen molar-refractivity contribution < 1.29 is 9.59 Å². The van der Waals surface area contributed by atoms with E-state index in [0.29, 0.717) is 35.1 Å². The second-order valence-electron chi connectivity index (χ2n) is 5.74. The number of hydrogen-bond donors (Lipinski definition) is 0. The van der Waals surface area contributed by atoms with Crippen LogP contribution in [0.15, 0.2) is 23.3 Å². The standard InChI is InChI=1S/C16H19Cl2N3O2/c1-10(2)21(9-11-4-5-12(17)13(18)8-11)16(23)14-6-7-15(22)20(3)19-14/h4-5,8,10H,6-7,9H2,1-3H3. The number of amides is 2. The molecular weight excluding hydrogens is 337 g/mol. The zero-order chi connectivity index (χ0) is 17.1. The third-order valence-electron chi connectivity index (χ3n) is 3.68. The minimum atomic E-state index is -0.162. The van der Waals surface area contributed by atoms with Gasteiger partial charge in [-0.15, -0.1) is 0 Å². The van der Waals surface area contributed by atoms with E-state index >= 15 is 0 Å². The first-order chi connectivity index (χ1) is 10.8. The molecule has 1 aliphatic rings. The van der Waals surface area contributed by atoms with Gasteiger partial charge >= 0.3 is 0 Å². The molecule has 124 valence electrons. The SMILES string of the molecule is CC(C)N(Cc1ccc(Cl)c(Cl)c1)C(=O)C1=NN(C)C(=O)CC1. The lowest BCUT2D eigenvalue weighted by molar-refractivity contribution is -0.131. The summed E-state index contributed by atoms with van der Waals surface area (Å²) in [7, 11) is 1.56. The van der Waals surface area contributed by atoms with Gasteiger partial charge in [0.25, 0.3) is 5.91 Å². The molecule has 1 heterocycles. The molecule has 5 nitrogen and oxygen atoms in total. The molecule has 2 rings (SSSR count). The van der Waals surface area contributed by atoms with E-state index in [1.807, 2.05) is 19.9 Å². The summed E-state index contributed by atoms with van der Waals surface area (Å²) < 4.78 is 0. The number of nitrogens with zero attached hydrogens (tertiary/aromatic N) is 3. The van der Waals surface area contributed by atoms with Gasteiger partial charge in [0.2, 0.25) is 5.91 Å². The van der Waals surface area contributed by atoms with E-state index in [0.717, 1.165) is 5.56 Å². The first kappa shape index (κ1) is 17.8. The molecule has 0 N–H and O–H groups in total. The van der Waals surface area contributed by atoms with Gasteiger partial charge in [0, 0.05) is 32.5 Å². The van der Waals surface area contributed by atoms with E-state index in [1.54, 1.807) is 24.1 Å². The molecule has 0 spiro atoms. The van der Waals surface area contributed by atoms with Crippen molar-refractivity contribution in [1.82, 2.24) is 9.91 Å². The van der Waals surface area contributed by atoms with Crippen molar-refractivity contribution in [3.8, 4) is 0 Å². The Labute approximate surface area is 145 Å². The van der Waals surface area contributed by atoms with E-state index in [2.05, 4.69) is 5.10 Å². The monoisotopic (exact) mass is 355 g/mol. The highest BCUT2D eigenvalue weighted by atomic mass is 35.5. The van der Waals surface area contributed by atoms with Gasteiger partial charge in [-0.3, -0.25) is 9.59 Å². The summed E-state index contributed by atoms with van der Waals surface area (Å²) in [5.74, 6) is -0.243. The van der Waals surface area contributed by atoms with E-state index in [9.17, 15) is 9.59 Å². The van der Waals surface area contributed by atoms with E-state index in [1.165, 1.54) is 5.01 Å². The van der Waals surface area contributed by atoms with Crippen LogP contribution in [0.4, 0.5) is 0 Å². The summed E-state index contributed by atoms with van der Waals surface area (Å²) in [5, 5.41) is 6.27. The van der Waals surface area contributed by atoms with E-state index in [-0.39, 0.29) is 17.9 Å². The summed E-state index contributed by atoms with van der Waals surface area (Å²) in [5.41, 5.74) is 1.29. The fraction of sp³-hybridized carbons (Fsp3) is 0.438. The molecule has 0 radical (unpaired) electrons. The molecule has 0 saturated carbocycles. The predicted octanol–water partition coefficient (Wildman–Crippen LogP) is 3.34. The average molecular weight is 356 g/mol. The maximum atomic E-state index is 12.7. The van der Waals surface area contributed by atoms with Gasteiger partial charge in [0.15, 0.2) is 0 Å². The van der Waals surface area contributed by atoms with Gasteiger partial charge in [-0.2, -0.15) is 5.10 Å². The maximum absolute atomic E-state index is 12.7. The molecule has 0 unspecified atom stereocenters. The molecule has 23 heavy (non-hydrogen) atoms. The maximum Gasteiger partial charge on any atom is 0.270 e. The van der Waals surface area contributed by atoms with Crippen LogP contribution in [0.3, 0.4) is 0 Å². The molecule has 0 saturated heterocycles. The van der Waals surface area contributed by atoms with Crippen LogP contribution >= 0.6 is 23.2 Å². The second kappa shape index (κ2) is 7.32. The van der Waals surface area contributed by atoms with Crippen LogP contribution in [0.2, 0.25) is 10.0 Å². The first-order valence-electron chi connectivity index (χ1n) is 7.38. The third kappa shape index (κ3) is 4.24. The van der Waals surface area contributed by atoms with Crippen LogP contribution < -0.4 is 0 Å². The van der Waals surface area contributed by atoms with Crippen LogP contribution in [0, 0.1) is 0 Å². The van der Waals surface area contributed by atoms with Crippen LogP contribution in [0.5, 0.6) is 0 Å². The van der Waals surface area contributed by atoms with Gasteiger partial charge in [0.1, 0.15) is 5.71 Å². The van der Waals surface area contributed by atoms with Crippen molar-refractivity contribution in [2.75, 3.05) is 7.05 Å². The van der Waals surface area contributed by atoms with Crippen molar-refractivity contribution in [3.63, 3.8) is 0 Å². The van der Waals surface area contributed by atoms with Crippen molar-refractivity contribution in [2.24, 2.45) is 5.10 Å².